The fourth-order valence-electron chi connectivity index (χ4n) is 2.72. The predicted molar refractivity (Wildman–Crippen MR) is 101 cm³/mol. The zero-order valence-corrected chi connectivity index (χ0v) is 15.8. The number of aromatic nitrogens is 2. The van der Waals surface area contributed by atoms with Gasteiger partial charge in [-0.3, -0.25) is 4.68 Å². The minimum Gasteiger partial charge on any atom is -0.339 e. The van der Waals surface area contributed by atoms with Crippen molar-refractivity contribution in [2.45, 2.75) is 13.8 Å². The Morgan fingerprint density at radius 2 is 1.96 bits per heavy atom. The van der Waals surface area contributed by atoms with Gasteiger partial charge >= 0.3 is 0 Å². The van der Waals surface area contributed by atoms with Gasteiger partial charge in [-0.05, 0) is 59.6 Å². The zero-order chi connectivity index (χ0) is 17.4. The Bertz CT molecular complexity index is 901. The maximum absolute atomic E-state index is 13.4. The Labute approximate surface area is 153 Å². The topological polar surface area (TPSA) is 29.9 Å². The largest absolute Gasteiger partial charge is 0.339 e. The quantitative estimate of drug-likeness (QED) is 0.576. The fraction of sp³-hybridized carbons (Fsp3) is 0.167. The molecule has 3 aromatic rings. The van der Waals surface area contributed by atoms with Crippen LogP contribution in [0.5, 0.6) is 0 Å². The molecule has 0 atom stereocenters. The number of rotatable bonds is 3. The standard InChI is InChI=1S/C18H16BrClFN3/c1-10-5-4-6-14(19)17(10)22-18-16(11(2)23-24(18)3)13-8-7-12(21)9-15(13)20/h4-9,22H,1-3H3. The predicted octanol–water partition coefficient (Wildman–Crippen LogP) is 6.00. The summed E-state index contributed by atoms with van der Waals surface area (Å²) >= 11 is 9.84. The molecule has 3 nitrogen and oxygen atoms in total. The molecule has 0 aliphatic rings. The summed E-state index contributed by atoms with van der Waals surface area (Å²) in [6, 6.07) is 10.4. The van der Waals surface area contributed by atoms with Crippen LogP contribution in [-0.2, 0) is 7.05 Å². The van der Waals surface area contributed by atoms with Gasteiger partial charge in [0.05, 0.1) is 16.4 Å². The number of halogens is 3. The second-order valence-electron chi connectivity index (χ2n) is 5.61. The summed E-state index contributed by atoms with van der Waals surface area (Å²) in [4.78, 5) is 0. The van der Waals surface area contributed by atoms with Crippen LogP contribution < -0.4 is 5.32 Å². The summed E-state index contributed by atoms with van der Waals surface area (Å²) in [5.41, 5.74) is 4.48. The molecule has 0 saturated carbocycles. The first-order valence-corrected chi connectivity index (χ1v) is 8.56. The highest BCUT2D eigenvalue weighted by atomic mass is 79.9. The third-order valence-electron chi connectivity index (χ3n) is 3.89. The average Bonchev–Trinajstić information content (AvgIpc) is 2.77. The second-order valence-corrected chi connectivity index (χ2v) is 6.88. The van der Waals surface area contributed by atoms with E-state index in [1.807, 2.05) is 39.1 Å². The SMILES string of the molecule is Cc1cccc(Br)c1Nc1c(-c2ccc(F)cc2Cl)c(C)nn1C. The minimum atomic E-state index is -0.360. The van der Waals surface area contributed by atoms with E-state index in [2.05, 4.69) is 26.3 Å². The van der Waals surface area contributed by atoms with Crippen LogP contribution in [0.3, 0.4) is 0 Å². The molecule has 1 N–H and O–H groups in total. The number of hydrogen-bond acceptors (Lipinski definition) is 2. The highest BCUT2D eigenvalue weighted by Gasteiger charge is 2.19. The molecule has 0 aliphatic heterocycles. The van der Waals surface area contributed by atoms with Gasteiger partial charge in [0.1, 0.15) is 11.6 Å². The Hall–Kier alpha value is -1.85. The molecule has 1 aromatic heterocycles. The van der Waals surface area contributed by atoms with E-state index in [1.54, 1.807) is 10.7 Å². The lowest BCUT2D eigenvalue weighted by Crippen LogP contribution is -2.02. The minimum absolute atomic E-state index is 0.359. The number of aryl methyl sites for hydroxylation is 3. The van der Waals surface area contributed by atoms with E-state index in [1.165, 1.54) is 12.1 Å². The van der Waals surface area contributed by atoms with Crippen molar-refractivity contribution in [1.82, 2.24) is 9.78 Å². The molecule has 0 aliphatic carbocycles. The van der Waals surface area contributed by atoms with E-state index in [-0.39, 0.29) is 5.82 Å². The molecule has 3 rings (SSSR count). The molecule has 2 aromatic carbocycles. The summed E-state index contributed by atoms with van der Waals surface area (Å²) < 4.78 is 16.1. The maximum atomic E-state index is 13.4. The number of nitrogens with one attached hydrogen (secondary N) is 1. The summed E-state index contributed by atoms with van der Waals surface area (Å²) in [6.45, 7) is 3.94. The van der Waals surface area contributed by atoms with Crippen molar-refractivity contribution in [2.24, 2.45) is 7.05 Å². The van der Waals surface area contributed by atoms with Gasteiger partial charge in [0.2, 0.25) is 0 Å². The first kappa shape index (κ1) is 17.0. The first-order valence-electron chi connectivity index (χ1n) is 7.39. The molecule has 24 heavy (non-hydrogen) atoms. The summed E-state index contributed by atoms with van der Waals surface area (Å²) in [7, 11) is 1.86. The van der Waals surface area contributed by atoms with Gasteiger partial charge in [0, 0.05) is 22.6 Å². The molecular formula is C18H16BrClFN3. The first-order chi connectivity index (χ1) is 11.4. The van der Waals surface area contributed by atoms with Crippen molar-refractivity contribution in [1.29, 1.82) is 0 Å². The number of anilines is 2. The van der Waals surface area contributed by atoms with Gasteiger partial charge in [-0.15, -0.1) is 0 Å². The van der Waals surface area contributed by atoms with Crippen LogP contribution in [0.1, 0.15) is 11.3 Å². The van der Waals surface area contributed by atoms with Crippen molar-refractivity contribution < 1.29 is 4.39 Å². The van der Waals surface area contributed by atoms with Crippen LogP contribution in [0.4, 0.5) is 15.9 Å². The van der Waals surface area contributed by atoms with Gasteiger partial charge in [-0.25, -0.2) is 4.39 Å². The van der Waals surface area contributed by atoms with E-state index in [4.69, 9.17) is 11.6 Å². The highest BCUT2D eigenvalue weighted by Crippen LogP contribution is 2.39. The third kappa shape index (κ3) is 3.06. The summed E-state index contributed by atoms with van der Waals surface area (Å²) in [6.07, 6.45) is 0. The lowest BCUT2D eigenvalue weighted by Gasteiger charge is -2.14. The fourth-order valence-corrected chi connectivity index (χ4v) is 3.55. The number of benzene rings is 2. The van der Waals surface area contributed by atoms with Crippen LogP contribution in [0.2, 0.25) is 5.02 Å². The normalized spacial score (nSPS) is 10.9. The zero-order valence-electron chi connectivity index (χ0n) is 13.5. The molecular weight excluding hydrogens is 393 g/mol. The third-order valence-corrected chi connectivity index (χ3v) is 4.86. The van der Waals surface area contributed by atoms with Crippen molar-refractivity contribution in [3.05, 3.63) is 63.0 Å². The summed E-state index contributed by atoms with van der Waals surface area (Å²) in [5, 5.41) is 8.29. The van der Waals surface area contributed by atoms with Crippen LogP contribution in [0.15, 0.2) is 40.9 Å². The van der Waals surface area contributed by atoms with Crippen LogP contribution in [0, 0.1) is 19.7 Å². The van der Waals surface area contributed by atoms with Gasteiger partial charge in [-0.2, -0.15) is 5.10 Å². The lowest BCUT2D eigenvalue weighted by molar-refractivity contribution is 0.628. The molecule has 124 valence electrons. The molecule has 0 spiro atoms. The molecule has 0 unspecified atom stereocenters. The number of para-hydroxylation sites is 1. The van der Waals surface area contributed by atoms with Crippen molar-refractivity contribution in [2.75, 3.05) is 5.32 Å². The molecule has 1 heterocycles. The Morgan fingerprint density at radius 1 is 1.21 bits per heavy atom. The van der Waals surface area contributed by atoms with E-state index in [0.29, 0.717) is 5.02 Å². The van der Waals surface area contributed by atoms with Crippen LogP contribution in [0.25, 0.3) is 11.1 Å². The Kier molecular flexibility index (Phi) is 4.65. The molecule has 0 saturated heterocycles. The molecule has 0 radical (unpaired) electrons. The molecule has 6 heteroatoms. The monoisotopic (exact) mass is 407 g/mol. The van der Waals surface area contributed by atoms with Gasteiger partial charge in [0.25, 0.3) is 0 Å². The Morgan fingerprint density at radius 3 is 2.62 bits per heavy atom. The van der Waals surface area contributed by atoms with Crippen molar-refractivity contribution in [3.8, 4) is 11.1 Å². The van der Waals surface area contributed by atoms with Gasteiger partial charge in [-0.1, -0.05) is 23.7 Å². The van der Waals surface area contributed by atoms with Crippen LogP contribution in [-0.4, -0.2) is 9.78 Å². The van der Waals surface area contributed by atoms with Crippen molar-refractivity contribution in [3.63, 3.8) is 0 Å². The Balaban J connectivity index is 2.16. The molecule has 0 amide bonds. The lowest BCUT2D eigenvalue weighted by atomic mass is 10.1. The van der Waals surface area contributed by atoms with Gasteiger partial charge in [0.15, 0.2) is 0 Å². The van der Waals surface area contributed by atoms with Gasteiger partial charge < -0.3 is 5.32 Å². The second kappa shape index (κ2) is 6.57. The molecule has 0 fully saturated rings. The smallest absolute Gasteiger partial charge is 0.136 e. The van der Waals surface area contributed by atoms with E-state index < -0.39 is 0 Å². The average molecular weight is 409 g/mol. The van der Waals surface area contributed by atoms with E-state index in [0.717, 1.165) is 38.4 Å². The maximum Gasteiger partial charge on any atom is 0.136 e. The van der Waals surface area contributed by atoms with E-state index >= 15 is 0 Å². The van der Waals surface area contributed by atoms with Crippen LogP contribution >= 0.6 is 27.5 Å². The molecule has 0 bridgehead atoms. The number of hydrogen-bond donors (Lipinski definition) is 1. The van der Waals surface area contributed by atoms with E-state index in [9.17, 15) is 4.39 Å². The number of nitrogens with zero attached hydrogens (tertiary/aromatic N) is 2. The van der Waals surface area contributed by atoms with Crippen molar-refractivity contribution >= 4 is 39.0 Å². The summed E-state index contributed by atoms with van der Waals surface area (Å²) in [5.74, 6) is 0.442. The highest BCUT2D eigenvalue weighted by molar-refractivity contribution is 9.10.